The molecule has 0 unspecified atom stereocenters. The maximum absolute atomic E-state index is 12.7. The number of hydrogen-bond donors (Lipinski definition) is 2. The van der Waals surface area contributed by atoms with Gasteiger partial charge in [0.2, 0.25) is 5.91 Å². The largest absolute Gasteiger partial charge is 0.416 e. The average molecular weight is 398 g/mol. The monoisotopic (exact) mass is 397 g/mol. The van der Waals surface area contributed by atoms with Crippen LogP contribution in [0.2, 0.25) is 5.02 Å². The minimum absolute atomic E-state index is 0.0211. The van der Waals surface area contributed by atoms with Gasteiger partial charge in [0, 0.05) is 22.0 Å². The van der Waals surface area contributed by atoms with Gasteiger partial charge in [-0.05, 0) is 49.4 Å². The topological polar surface area (TPSA) is 70.6 Å². The van der Waals surface area contributed by atoms with Crippen LogP contribution in [0.15, 0.2) is 53.6 Å². The summed E-state index contributed by atoms with van der Waals surface area (Å²) in [6.07, 6.45) is -4.69. The third-order valence-corrected chi connectivity index (χ3v) is 3.60. The second-order valence-corrected chi connectivity index (χ2v) is 6.03. The van der Waals surface area contributed by atoms with E-state index in [9.17, 15) is 22.8 Å². The van der Waals surface area contributed by atoms with E-state index in [2.05, 4.69) is 15.8 Å². The number of hydrazone groups is 1. The summed E-state index contributed by atoms with van der Waals surface area (Å²) in [5.74, 6) is -1.04. The van der Waals surface area contributed by atoms with Crippen LogP contribution in [0.4, 0.5) is 18.9 Å². The van der Waals surface area contributed by atoms with E-state index >= 15 is 0 Å². The molecule has 0 atom stereocenters. The van der Waals surface area contributed by atoms with E-state index in [0.717, 1.165) is 12.1 Å². The quantitative estimate of drug-likeness (QED) is 0.576. The number of alkyl halides is 3. The van der Waals surface area contributed by atoms with Gasteiger partial charge in [-0.25, -0.2) is 5.43 Å². The van der Waals surface area contributed by atoms with E-state index in [1.807, 2.05) is 0 Å². The van der Waals surface area contributed by atoms with Crippen LogP contribution in [0.5, 0.6) is 0 Å². The van der Waals surface area contributed by atoms with Gasteiger partial charge >= 0.3 is 6.18 Å². The van der Waals surface area contributed by atoms with Crippen molar-refractivity contribution < 1.29 is 22.8 Å². The maximum atomic E-state index is 12.7. The number of nitrogens with zero attached hydrogens (tertiary/aromatic N) is 1. The van der Waals surface area contributed by atoms with Gasteiger partial charge in [0.05, 0.1) is 12.0 Å². The Morgan fingerprint density at radius 2 is 1.78 bits per heavy atom. The smallest absolute Gasteiger partial charge is 0.326 e. The first-order valence-corrected chi connectivity index (χ1v) is 8.09. The Morgan fingerprint density at radius 1 is 1.11 bits per heavy atom. The first kappa shape index (κ1) is 20.4. The van der Waals surface area contributed by atoms with E-state index in [0.29, 0.717) is 10.6 Å². The molecule has 0 bridgehead atoms. The van der Waals surface area contributed by atoms with Crippen LogP contribution in [-0.2, 0) is 11.0 Å². The molecule has 9 heteroatoms. The molecule has 0 aliphatic rings. The minimum atomic E-state index is -4.50. The highest BCUT2D eigenvalue weighted by molar-refractivity contribution is 6.30. The summed E-state index contributed by atoms with van der Waals surface area (Å²) in [7, 11) is 0. The van der Waals surface area contributed by atoms with Gasteiger partial charge in [0.1, 0.15) is 0 Å². The van der Waals surface area contributed by atoms with Crippen LogP contribution in [0.1, 0.15) is 29.3 Å². The molecule has 2 N–H and O–H groups in total. The lowest BCUT2D eigenvalue weighted by Crippen LogP contribution is -2.21. The molecule has 2 rings (SSSR count). The zero-order valence-electron chi connectivity index (χ0n) is 14.1. The van der Waals surface area contributed by atoms with Crippen molar-refractivity contribution in [2.45, 2.75) is 19.5 Å². The van der Waals surface area contributed by atoms with Crippen molar-refractivity contribution in [3.05, 3.63) is 64.7 Å². The van der Waals surface area contributed by atoms with Crippen molar-refractivity contribution in [2.24, 2.45) is 5.10 Å². The highest BCUT2D eigenvalue weighted by atomic mass is 35.5. The standard InChI is InChI=1S/C18H15ClF3N3O2/c1-11(24-25-17(27)12-5-7-14(19)8-6-12)9-16(26)23-15-4-2-3-13(10-15)18(20,21)22/h2-8,10H,9H2,1H3,(H,23,26)(H,25,27)/b24-11-. The summed E-state index contributed by atoms with van der Waals surface area (Å²) in [6.45, 7) is 1.51. The summed E-state index contributed by atoms with van der Waals surface area (Å²) in [4.78, 5) is 23.8. The van der Waals surface area contributed by atoms with E-state index in [-0.39, 0.29) is 17.8 Å². The highest BCUT2D eigenvalue weighted by Gasteiger charge is 2.30. The van der Waals surface area contributed by atoms with Crippen molar-refractivity contribution in [2.75, 3.05) is 5.32 Å². The lowest BCUT2D eigenvalue weighted by molar-refractivity contribution is -0.137. The maximum Gasteiger partial charge on any atom is 0.416 e. The van der Waals surface area contributed by atoms with E-state index < -0.39 is 23.6 Å². The molecular weight excluding hydrogens is 383 g/mol. The fourth-order valence-electron chi connectivity index (χ4n) is 2.06. The molecule has 0 saturated carbocycles. The fourth-order valence-corrected chi connectivity index (χ4v) is 2.19. The van der Waals surface area contributed by atoms with Crippen molar-refractivity contribution in [3.63, 3.8) is 0 Å². The molecule has 2 aromatic carbocycles. The normalized spacial score (nSPS) is 11.8. The van der Waals surface area contributed by atoms with Crippen LogP contribution in [0.25, 0.3) is 0 Å². The number of hydrogen-bond acceptors (Lipinski definition) is 3. The van der Waals surface area contributed by atoms with Crippen LogP contribution in [-0.4, -0.2) is 17.5 Å². The number of halogens is 4. The van der Waals surface area contributed by atoms with Crippen LogP contribution in [0, 0.1) is 0 Å². The molecule has 0 heterocycles. The Bertz CT molecular complexity index is 865. The van der Waals surface area contributed by atoms with Crippen molar-refractivity contribution >= 4 is 34.8 Å². The molecular formula is C18H15ClF3N3O2. The molecule has 0 spiro atoms. The third kappa shape index (κ3) is 6.41. The zero-order chi connectivity index (χ0) is 20.0. The molecule has 0 fully saturated rings. The van der Waals surface area contributed by atoms with Crippen LogP contribution < -0.4 is 10.7 Å². The number of carbonyl (C=O) groups excluding carboxylic acids is 2. The van der Waals surface area contributed by atoms with E-state index in [1.54, 1.807) is 12.1 Å². The lowest BCUT2D eigenvalue weighted by Gasteiger charge is -2.10. The summed E-state index contributed by atoms with van der Waals surface area (Å²) >= 11 is 5.74. The van der Waals surface area contributed by atoms with Crippen molar-refractivity contribution in [3.8, 4) is 0 Å². The van der Waals surface area contributed by atoms with Crippen LogP contribution in [0.3, 0.4) is 0 Å². The molecule has 0 aliphatic heterocycles. The summed E-state index contributed by atoms with van der Waals surface area (Å²) in [6, 6.07) is 10.4. The number of rotatable bonds is 5. The second-order valence-electron chi connectivity index (χ2n) is 5.60. The van der Waals surface area contributed by atoms with Crippen molar-refractivity contribution in [1.82, 2.24) is 5.43 Å². The molecule has 0 radical (unpaired) electrons. The summed E-state index contributed by atoms with van der Waals surface area (Å²) < 4.78 is 38.0. The van der Waals surface area contributed by atoms with Gasteiger partial charge in [-0.2, -0.15) is 18.3 Å². The average Bonchev–Trinajstić information content (AvgIpc) is 2.59. The van der Waals surface area contributed by atoms with Gasteiger partial charge in [-0.15, -0.1) is 0 Å². The van der Waals surface area contributed by atoms with Crippen molar-refractivity contribution in [1.29, 1.82) is 0 Å². The zero-order valence-corrected chi connectivity index (χ0v) is 14.9. The number of benzene rings is 2. The SMILES string of the molecule is C/C(CC(=O)Nc1cccc(C(F)(F)F)c1)=N/NC(=O)c1ccc(Cl)cc1. The third-order valence-electron chi connectivity index (χ3n) is 3.34. The van der Waals surface area contributed by atoms with Gasteiger partial charge in [-0.3, -0.25) is 9.59 Å². The minimum Gasteiger partial charge on any atom is -0.326 e. The Balaban J connectivity index is 1.92. The van der Waals surface area contributed by atoms with Gasteiger partial charge in [0.25, 0.3) is 5.91 Å². The molecule has 0 aromatic heterocycles. The van der Waals surface area contributed by atoms with E-state index in [1.165, 1.54) is 31.2 Å². The Labute approximate surface area is 158 Å². The lowest BCUT2D eigenvalue weighted by atomic mass is 10.2. The number of nitrogens with one attached hydrogen (secondary N) is 2. The molecule has 5 nitrogen and oxygen atoms in total. The molecule has 142 valence electrons. The first-order chi connectivity index (χ1) is 12.6. The Hall–Kier alpha value is -2.87. The van der Waals surface area contributed by atoms with Gasteiger partial charge < -0.3 is 5.32 Å². The Morgan fingerprint density at radius 3 is 2.41 bits per heavy atom. The summed E-state index contributed by atoms with van der Waals surface area (Å²) in [5, 5.41) is 6.65. The van der Waals surface area contributed by atoms with Gasteiger partial charge in [0.15, 0.2) is 0 Å². The Kier molecular flexibility index (Phi) is 6.57. The first-order valence-electron chi connectivity index (χ1n) is 7.71. The number of amides is 2. The molecule has 0 saturated heterocycles. The molecule has 27 heavy (non-hydrogen) atoms. The molecule has 2 amide bonds. The number of carbonyl (C=O) groups is 2. The molecule has 2 aromatic rings. The van der Waals surface area contributed by atoms with E-state index in [4.69, 9.17) is 11.6 Å². The van der Waals surface area contributed by atoms with Crippen LogP contribution >= 0.6 is 11.6 Å². The number of anilines is 1. The predicted molar refractivity (Wildman–Crippen MR) is 96.7 cm³/mol. The molecule has 0 aliphatic carbocycles. The predicted octanol–water partition coefficient (Wildman–Crippen LogP) is 4.49. The highest BCUT2D eigenvalue weighted by Crippen LogP contribution is 2.30. The van der Waals surface area contributed by atoms with Gasteiger partial charge in [-0.1, -0.05) is 17.7 Å². The summed E-state index contributed by atoms with van der Waals surface area (Å²) in [5.41, 5.74) is 2.07. The second kappa shape index (κ2) is 8.68. The fraction of sp³-hybridized carbons (Fsp3) is 0.167.